The van der Waals surface area contributed by atoms with E-state index in [1.807, 2.05) is 0 Å². The highest BCUT2D eigenvalue weighted by Crippen LogP contribution is 2.34. The standard InChI is InChI=1S/C20H23F2NO2/c1-11-9-15(21)5-7-17(11)19(14(4)25-20(24)13(3)23)18-8-6-16(22)10-12(18)2/h5-10,13-14,19H,23H2,1-4H3/t13-,14-/m0/s1. The molecule has 5 heteroatoms. The molecule has 2 aromatic carbocycles. The molecule has 0 spiro atoms. The van der Waals surface area contributed by atoms with Gasteiger partial charge in [0.1, 0.15) is 23.8 Å². The average Bonchev–Trinajstić information content (AvgIpc) is 2.51. The molecule has 0 saturated carbocycles. The first-order valence-corrected chi connectivity index (χ1v) is 8.19. The summed E-state index contributed by atoms with van der Waals surface area (Å²) >= 11 is 0. The van der Waals surface area contributed by atoms with Crippen molar-refractivity contribution in [3.63, 3.8) is 0 Å². The predicted octanol–water partition coefficient (Wildman–Crippen LogP) is 3.99. The van der Waals surface area contributed by atoms with E-state index in [9.17, 15) is 13.6 Å². The largest absolute Gasteiger partial charge is 0.461 e. The molecular formula is C20H23F2NO2. The van der Waals surface area contributed by atoms with E-state index < -0.39 is 18.1 Å². The molecule has 0 bridgehead atoms. The fraction of sp³-hybridized carbons (Fsp3) is 0.350. The Balaban J connectivity index is 2.52. The normalized spacial score (nSPS) is 13.6. The first kappa shape index (κ1) is 19.1. The van der Waals surface area contributed by atoms with Crippen molar-refractivity contribution in [2.75, 3.05) is 0 Å². The van der Waals surface area contributed by atoms with Crippen LogP contribution in [0.15, 0.2) is 36.4 Å². The molecule has 0 saturated heterocycles. The number of benzene rings is 2. The van der Waals surface area contributed by atoms with Gasteiger partial charge in [0.25, 0.3) is 0 Å². The number of hydrogen-bond donors (Lipinski definition) is 1. The summed E-state index contributed by atoms with van der Waals surface area (Å²) in [5, 5.41) is 0. The highest BCUT2D eigenvalue weighted by molar-refractivity contribution is 5.75. The van der Waals surface area contributed by atoms with Crippen molar-refractivity contribution in [3.05, 3.63) is 70.3 Å². The molecule has 0 radical (unpaired) electrons. The van der Waals surface area contributed by atoms with Crippen LogP contribution in [0.5, 0.6) is 0 Å². The van der Waals surface area contributed by atoms with E-state index >= 15 is 0 Å². The monoisotopic (exact) mass is 347 g/mol. The van der Waals surface area contributed by atoms with Gasteiger partial charge in [0.05, 0.1) is 0 Å². The van der Waals surface area contributed by atoms with E-state index in [0.29, 0.717) is 0 Å². The lowest BCUT2D eigenvalue weighted by molar-refractivity contribution is -0.150. The summed E-state index contributed by atoms with van der Waals surface area (Å²) in [4.78, 5) is 11.9. The molecule has 134 valence electrons. The van der Waals surface area contributed by atoms with Crippen LogP contribution in [0.2, 0.25) is 0 Å². The number of rotatable bonds is 5. The Hall–Kier alpha value is -2.27. The van der Waals surface area contributed by atoms with Crippen molar-refractivity contribution in [1.82, 2.24) is 0 Å². The maximum absolute atomic E-state index is 13.5. The number of halogens is 2. The van der Waals surface area contributed by atoms with Gasteiger partial charge < -0.3 is 10.5 Å². The van der Waals surface area contributed by atoms with Gasteiger partial charge >= 0.3 is 5.97 Å². The molecule has 0 amide bonds. The third-order valence-corrected chi connectivity index (χ3v) is 4.28. The Morgan fingerprint density at radius 3 is 1.76 bits per heavy atom. The summed E-state index contributed by atoms with van der Waals surface area (Å²) in [7, 11) is 0. The molecule has 3 nitrogen and oxygen atoms in total. The van der Waals surface area contributed by atoms with Crippen LogP contribution in [-0.2, 0) is 9.53 Å². The smallest absolute Gasteiger partial charge is 0.322 e. The summed E-state index contributed by atoms with van der Waals surface area (Å²) in [5.41, 5.74) is 8.70. The number of hydrogen-bond acceptors (Lipinski definition) is 3. The van der Waals surface area contributed by atoms with Crippen LogP contribution < -0.4 is 5.73 Å². The zero-order valence-corrected chi connectivity index (χ0v) is 14.8. The van der Waals surface area contributed by atoms with E-state index in [1.54, 1.807) is 39.8 Å². The number of esters is 1. The SMILES string of the molecule is Cc1cc(F)ccc1C(c1ccc(F)cc1C)[C@H](C)OC(=O)[C@H](C)N. The Morgan fingerprint density at radius 1 is 0.960 bits per heavy atom. The van der Waals surface area contributed by atoms with Crippen LogP contribution in [0, 0.1) is 25.5 Å². The number of carbonyl (C=O) groups is 1. The molecule has 0 unspecified atom stereocenters. The van der Waals surface area contributed by atoms with Gasteiger partial charge in [-0.1, -0.05) is 12.1 Å². The zero-order chi connectivity index (χ0) is 18.7. The molecule has 25 heavy (non-hydrogen) atoms. The Labute approximate surface area is 146 Å². The van der Waals surface area contributed by atoms with E-state index in [4.69, 9.17) is 10.5 Å². The molecule has 2 atom stereocenters. The molecule has 2 N–H and O–H groups in total. The van der Waals surface area contributed by atoms with Crippen molar-refractivity contribution in [1.29, 1.82) is 0 Å². The average molecular weight is 347 g/mol. The number of ether oxygens (including phenoxy) is 1. The summed E-state index contributed by atoms with van der Waals surface area (Å²) < 4.78 is 32.5. The molecule has 0 aliphatic rings. The van der Waals surface area contributed by atoms with E-state index in [2.05, 4.69) is 0 Å². The second kappa shape index (κ2) is 7.74. The van der Waals surface area contributed by atoms with E-state index in [0.717, 1.165) is 22.3 Å². The highest BCUT2D eigenvalue weighted by Gasteiger charge is 2.28. The van der Waals surface area contributed by atoms with Crippen molar-refractivity contribution in [3.8, 4) is 0 Å². The van der Waals surface area contributed by atoms with Gasteiger partial charge in [-0.25, -0.2) is 8.78 Å². The van der Waals surface area contributed by atoms with Crippen LogP contribution in [-0.4, -0.2) is 18.1 Å². The van der Waals surface area contributed by atoms with Gasteiger partial charge in [-0.15, -0.1) is 0 Å². The Morgan fingerprint density at radius 2 is 1.40 bits per heavy atom. The lowest BCUT2D eigenvalue weighted by atomic mass is 9.82. The first-order valence-electron chi connectivity index (χ1n) is 8.19. The van der Waals surface area contributed by atoms with Crippen LogP contribution in [0.3, 0.4) is 0 Å². The second-order valence-electron chi connectivity index (χ2n) is 6.41. The van der Waals surface area contributed by atoms with Crippen LogP contribution >= 0.6 is 0 Å². The summed E-state index contributed by atoms with van der Waals surface area (Å²) in [6, 6.07) is 8.21. The molecule has 0 fully saturated rings. The Kier molecular flexibility index (Phi) is 5.90. The molecule has 0 heterocycles. The Bertz CT molecular complexity index is 723. The van der Waals surface area contributed by atoms with Crippen molar-refractivity contribution >= 4 is 5.97 Å². The third-order valence-electron chi connectivity index (χ3n) is 4.28. The minimum absolute atomic E-state index is 0.337. The molecule has 0 aromatic heterocycles. The van der Waals surface area contributed by atoms with Crippen LogP contribution in [0.4, 0.5) is 8.78 Å². The first-order chi connectivity index (χ1) is 11.7. The lowest BCUT2D eigenvalue weighted by Gasteiger charge is -2.28. The molecule has 2 aromatic rings. The zero-order valence-electron chi connectivity index (χ0n) is 14.8. The van der Waals surface area contributed by atoms with Crippen molar-refractivity contribution in [2.45, 2.75) is 45.8 Å². The number of aryl methyl sites for hydroxylation is 2. The van der Waals surface area contributed by atoms with Crippen LogP contribution in [0.25, 0.3) is 0 Å². The summed E-state index contributed by atoms with van der Waals surface area (Å²) in [6.45, 7) is 6.90. The molecule has 0 aliphatic carbocycles. The highest BCUT2D eigenvalue weighted by atomic mass is 19.1. The fourth-order valence-corrected chi connectivity index (χ4v) is 3.01. The van der Waals surface area contributed by atoms with Gasteiger partial charge in [-0.05, 0) is 74.2 Å². The number of carbonyl (C=O) groups excluding carboxylic acids is 1. The van der Waals surface area contributed by atoms with Crippen LogP contribution in [0.1, 0.15) is 42.0 Å². The van der Waals surface area contributed by atoms with Gasteiger partial charge in [0, 0.05) is 5.92 Å². The topological polar surface area (TPSA) is 52.3 Å². The van der Waals surface area contributed by atoms with E-state index in [1.165, 1.54) is 24.3 Å². The fourth-order valence-electron chi connectivity index (χ4n) is 3.01. The minimum atomic E-state index is -0.744. The third kappa shape index (κ3) is 4.42. The minimum Gasteiger partial charge on any atom is -0.461 e. The van der Waals surface area contributed by atoms with Crippen molar-refractivity contribution < 1.29 is 18.3 Å². The van der Waals surface area contributed by atoms with Gasteiger partial charge in [-0.3, -0.25) is 4.79 Å². The van der Waals surface area contributed by atoms with Gasteiger partial charge in [0.15, 0.2) is 0 Å². The maximum atomic E-state index is 13.5. The summed E-state index contributed by atoms with van der Waals surface area (Å²) in [5.74, 6) is -1.55. The number of nitrogens with two attached hydrogens (primary N) is 1. The maximum Gasteiger partial charge on any atom is 0.322 e. The van der Waals surface area contributed by atoms with Gasteiger partial charge in [0.2, 0.25) is 0 Å². The molecular weight excluding hydrogens is 324 g/mol. The molecule has 2 rings (SSSR count). The summed E-state index contributed by atoms with van der Waals surface area (Å²) in [6.07, 6.45) is -0.549. The second-order valence-corrected chi connectivity index (χ2v) is 6.41. The molecule has 0 aliphatic heterocycles. The van der Waals surface area contributed by atoms with E-state index in [-0.39, 0.29) is 17.6 Å². The van der Waals surface area contributed by atoms with Crippen molar-refractivity contribution in [2.24, 2.45) is 5.73 Å². The van der Waals surface area contributed by atoms with Gasteiger partial charge in [-0.2, -0.15) is 0 Å². The lowest BCUT2D eigenvalue weighted by Crippen LogP contribution is -2.34. The quantitative estimate of drug-likeness (QED) is 0.832. The predicted molar refractivity (Wildman–Crippen MR) is 93.3 cm³/mol.